The summed E-state index contributed by atoms with van der Waals surface area (Å²) in [5.74, 6) is 0.0321. The predicted octanol–water partition coefficient (Wildman–Crippen LogP) is 3.77. The van der Waals surface area contributed by atoms with E-state index >= 15 is 0 Å². The lowest BCUT2D eigenvalue weighted by Crippen LogP contribution is -2.42. The molecule has 1 aliphatic rings. The number of nitrogens with one attached hydrogen (secondary N) is 1. The minimum Gasteiger partial charge on any atom is -0.330 e. The number of anilines is 1. The van der Waals surface area contributed by atoms with Gasteiger partial charge in [-0.3, -0.25) is 9.69 Å². The minimum atomic E-state index is -0.169. The number of nitrogens with two attached hydrogens (primary N) is 1. The van der Waals surface area contributed by atoms with E-state index in [1.807, 2.05) is 49.4 Å². The van der Waals surface area contributed by atoms with Crippen LogP contribution < -0.4 is 11.1 Å². The topological polar surface area (TPSA) is 58.4 Å². The third-order valence-corrected chi connectivity index (χ3v) is 5.28. The maximum absolute atomic E-state index is 12.8. The van der Waals surface area contributed by atoms with Crippen molar-refractivity contribution in [2.75, 3.05) is 25.0 Å². The highest BCUT2D eigenvalue weighted by Gasteiger charge is 2.36. The van der Waals surface area contributed by atoms with Crippen molar-refractivity contribution in [2.45, 2.75) is 26.3 Å². The molecular formula is C21H28ClN3O. The SMILES string of the molecule is CC(C(=O)Nc1ccccc1-c1ccccc1)N1CCC(C)(CN)C1.Cl. The largest absolute Gasteiger partial charge is 0.330 e. The Hall–Kier alpha value is -1.88. The maximum Gasteiger partial charge on any atom is 0.241 e. The van der Waals surface area contributed by atoms with Crippen molar-refractivity contribution in [3.63, 3.8) is 0 Å². The zero-order valence-electron chi connectivity index (χ0n) is 15.4. The van der Waals surface area contributed by atoms with Gasteiger partial charge in [-0.25, -0.2) is 0 Å². The summed E-state index contributed by atoms with van der Waals surface area (Å²) in [6.07, 6.45) is 1.04. The third-order valence-electron chi connectivity index (χ3n) is 5.28. The monoisotopic (exact) mass is 373 g/mol. The molecule has 0 aromatic heterocycles. The van der Waals surface area contributed by atoms with Crippen LogP contribution in [-0.4, -0.2) is 36.5 Å². The Morgan fingerprint density at radius 2 is 1.85 bits per heavy atom. The number of carbonyl (C=O) groups excluding carboxylic acids is 1. The molecule has 4 nitrogen and oxygen atoms in total. The highest BCUT2D eigenvalue weighted by molar-refractivity contribution is 5.98. The fourth-order valence-corrected chi connectivity index (χ4v) is 3.42. The molecule has 3 N–H and O–H groups in total. The number of halogens is 1. The molecule has 1 heterocycles. The molecule has 1 amide bonds. The first-order valence-electron chi connectivity index (χ1n) is 8.92. The molecule has 5 heteroatoms. The minimum absolute atomic E-state index is 0. The second kappa shape index (κ2) is 8.67. The number of nitrogens with zero attached hydrogens (tertiary/aromatic N) is 1. The van der Waals surface area contributed by atoms with Gasteiger partial charge in [0.15, 0.2) is 0 Å². The third kappa shape index (κ3) is 4.44. The Morgan fingerprint density at radius 3 is 2.50 bits per heavy atom. The van der Waals surface area contributed by atoms with Gasteiger partial charge in [-0.05, 0) is 43.5 Å². The van der Waals surface area contributed by atoms with Crippen molar-refractivity contribution in [3.8, 4) is 11.1 Å². The van der Waals surface area contributed by atoms with Crippen LogP contribution in [0.1, 0.15) is 20.3 Å². The van der Waals surface area contributed by atoms with Gasteiger partial charge in [0.05, 0.1) is 6.04 Å². The molecular weight excluding hydrogens is 346 g/mol. The summed E-state index contributed by atoms with van der Waals surface area (Å²) in [7, 11) is 0. The second-order valence-electron chi connectivity index (χ2n) is 7.31. The average molecular weight is 374 g/mol. The van der Waals surface area contributed by atoms with Crippen LogP contribution in [0.15, 0.2) is 54.6 Å². The molecule has 2 atom stereocenters. The molecule has 3 rings (SSSR count). The van der Waals surface area contributed by atoms with Crippen molar-refractivity contribution in [1.82, 2.24) is 4.90 Å². The summed E-state index contributed by atoms with van der Waals surface area (Å²) >= 11 is 0. The molecule has 1 fully saturated rings. The van der Waals surface area contributed by atoms with Crippen LogP contribution in [0.5, 0.6) is 0 Å². The molecule has 0 radical (unpaired) electrons. The number of carbonyl (C=O) groups is 1. The molecule has 1 saturated heterocycles. The zero-order chi connectivity index (χ0) is 17.9. The number of likely N-dealkylation sites (tertiary alicyclic amines) is 1. The predicted molar refractivity (Wildman–Crippen MR) is 111 cm³/mol. The highest BCUT2D eigenvalue weighted by Crippen LogP contribution is 2.31. The van der Waals surface area contributed by atoms with Gasteiger partial charge in [0, 0.05) is 17.8 Å². The first kappa shape index (κ1) is 20.4. The molecule has 0 saturated carbocycles. The average Bonchev–Trinajstić information content (AvgIpc) is 3.05. The van der Waals surface area contributed by atoms with Crippen LogP contribution in [0.4, 0.5) is 5.69 Å². The van der Waals surface area contributed by atoms with Gasteiger partial charge in [-0.15, -0.1) is 12.4 Å². The molecule has 1 aliphatic heterocycles. The van der Waals surface area contributed by atoms with E-state index in [0.29, 0.717) is 6.54 Å². The van der Waals surface area contributed by atoms with Crippen molar-refractivity contribution in [2.24, 2.45) is 11.1 Å². The standard InChI is InChI=1S/C21H27N3O.ClH/c1-16(24-13-12-21(2,14-22)15-24)20(25)23-19-11-7-6-10-18(19)17-8-4-3-5-9-17;/h3-11,16H,12-15,22H2,1-2H3,(H,23,25);1H. The van der Waals surface area contributed by atoms with Gasteiger partial charge >= 0.3 is 0 Å². The quantitative estimate of drug-likeness (QED) is 0.838. The van der Waals surface area contributed by atoms with E-state index in [0.717, 1.165) is 36.3 Å². The van der Waals surface area contributed by atoms with Gasteiger partial charge in [-0.1, -0.05) is 55.5 Å². The Kier molecular flexibility index (Phi) is 6.81. The summed E-state index contributed by atoms with van der Waals surface area (Å²) in [5, 5.41) is 3.12. The van der Waals surface area contributed by atoms with Crippen LogP contribution in [0.2, 0.25) is 0 Å². The van der Waals surface area contributed by atoms with Crippen LogP contribution in [0.25, 0.3) is 11.1 Å². The van der Waals surface area contributed by atoms with E-state index in [1.165, 1.54) is 0 Å². The smallest absolute Gasteiger partial charge is 0.241 e. The van der Waals surface area contributed by atoms with Gasteiger partial charge in [-0.2, -0.15) is 0 Å². The molecule has 0 aliphatic carbocycles. The lowest BCUT2D eigenvalue weighted by atomic mass is 9.90. The van der Waals surface area contributed by atoms with E-state index in [1.54, 1.807) is 0 Å². The Labute approximate surface area is 162 Å². The summed E-state index contributed by atoms with van der Waals surface area (Å²) < 4.78 is 0. The van der Waals surface area contributed by atoms with Crippen LogP contribution in [-0.2, 0) is 4.79 Å². The number of rotatable bonds is 5. The van der Waals surface area contributed by atoms with E-state index in [2.05, 4.69) is 29.3 Å². The molecule has 0 bridgehead atoms. The van der Waals surface area contributed by atoms with Crippen molar-refractivity contribution >= 4 is 24.0 Å². The van der Waals surface area contributed by atoms with E-state index in [-0.39, 0.29) is 29.8 Å². The summed E-state index contributed by atoms with van der Waals surface area (Å²) in [4.78, 5) is 15.0. The van der Waals surface area contributed by atoms with E-state index < -0.39 is 0 Å². The van der Waals surface area contributed by atoms with Crippen LogP contribution in [0.3, 0.4) is 0 Å². The molecule has 2 aromatic carbocycles. The van der Waals surface area contributed by atoms with Crippen LogP contribution in [0, 0.1) is 5.41 Å². The molecule has 140 valence electrons. The zero-order valence-corrected chi connectivity index (χ0v) is 16.3. The van der Waals surface area contributed by atoms with Crippen molar-refractivity contribution in [1.29, 1.82) is 0 Å². The van der Waals surface area contributed by atoms with Gasteiger partial charge in [0.2, 0.25) is 5.91 Å². The van der Waals surface area contributed by atoms with E-state index in [4.69, 9.17) is 5.73 Å². The van der Waals surface area contributed by atoms with Gasteiger partial charge in [0.25, 0.3) is 0 Å². The lowest BCUT2D eigenvalue weighted by molar-refractivity contribution is -0.120. The first-order valence-corrected chi connectivity index (χ1v) is 8.92. The van der Waals surface area contributed by atoms with Gasteiger partial charge < -0.3 is 11.1 Å². The van der Waals surface area contributed by atoms with Crippen LogP contribution >= 0.6 is 12.4 Å². The fraction of sp³-hybridized carbons (Fsp3) is 0.381. The number of amides is 1. The first-order chi connectivity index (χ1) is 12.0. The van der Waals surface area contributed by atoms with Crippen molar-refractivity contribution < 1.29 is 4.79 Å². The molecule has 2 unspecified atom stereocenters. The Bertz CT molecular complexity index is 737. The van der Waals surface area contributed by atoms with E-state index in [9.17, 15) is 4.79 Å². The lowest BCUT2D eigenvalue weighted by Gasteiger charge is -2.27. The number of hydrogen-bond donors (Lipinski definition) is 2. The van der Waals surface area contributed by atoms with Gasteiger partial charge in [0.1, 0.15) is 0 Å². The Balaban J connectivity index is 0.00000243. The number of para-hydroxylation sites is 1. The Morgan fingerprint density at radius 1 is 1.19 bits per heavy atom. The molecule has 0 spiro atoms. The highest BCUT2D eigenvalue weighted by atomic mass is 35.5. The normalized spacial score (nSPS) is 21.0. The summed E-state index contributed by atoms with van der Waals surface area (Å²) in [5.41, 5.74) is 9.00. The maximum atomic E-state index is 12.8. The molecule has 2 aromatic rings. The number of hydrogen-bond acceptors (Lipinski definition) is 3. The second-order valence-corrected chi connectivity index (χ2v) is 7.31. The molecule has 26 heavy (non-hydrogen) atoms. The fourth-order valence-electron chi connectivity index (χ4n) is 3.42. The number of benzene rings is 2. The summed E-state index contributed by atoms with van der Waals surface area (Å²) in [6.45, 7) is 6.63. The van der Waals surface area contributed by atoms with Crippen molar-refractivity contribution in [3.05, 3.63) is 54.6 Å². The summed E-state index contributed by atoms with van der Waals surface area (Å²) in [6, 6.07) is 17.9.